The summed E-state index contributed by atoms with van der Waals surface area (Å²) in [5.41, 5.74) is 1.01. The number of nitrogens with one attached hydrogen (secondary N) is 2. The highest BCUT2D eigenvalue weighted by Gasteiger charge is 2.10. The van der Waals surface area contributed by atoms with Crippen molar-refractivity contribution in [3.63, 3.8) is 0 Å². The molecule has 2 aromatic rings. The zero-order chi connectivity index (χ0) is 16.5. The number of hydrogen-bond acceptors (Lipinski definition) is 3. The number of ether oxygens (including phenoxy) is 1. The topological polar surface area (TPSA) is 67.4 Å². The average Bonchev–Trinajstić information content (AvgIpc) is 2.60. The van der Waals surface area contributed by atoms with Crippen LogP contribution in [0.2, 0.25) is 0 Å². The van der Waals surface area contributed by atoms with Gasteiger partial charge in [0.15, 0.2) is 6.61 Å². The summed E-state index contributed by atoms with van der Waals surface area (Å²) >= 11 is 0. The molecule has 0 aliphatic heterocycles. The van der Waals surface area contributed by atoms with Crippen LogP contribution < -0.4 is 15.4 Å². The van der Waals surface area contributed by atoms with Crippen LogP contribution in [0, 0.1) is 0 Å². The van der Waals surface area contributed by atoms with Crippen LogP contribution in [0.25, 0.3) is 0 Å². The van der Waals surface area contributed by atoms with E-state index in [9.17, 15) is 9.59 Å². The molecule has 0 saturated heterocycles. The van der Waals surface area contributed by atoms with Crippen molar-refractivity contribution in [3.05, 3.63) is 66.2 Å². The van der Waals surface area contributed by atoms with Crippen molar-refractivity contribution in [3.8, 4) is 5.75 Å². The second-order valence-electron chi connectivity index (χ2n) is 5.08. The molecule has 120 valence electrons. The summed E-state index contributed by atoms with van der Waals surface area (Å²) in [5, 5.41) is 5.36. The molecule has 2 aromatic carbocycles. The highest BCUT2D eigenvalue weighted by Crippen LogP contribution is 2.10. The first-order valence-electron chi connectivity index (χ1n) is 7.44. The number of carbonyl (C=O) groups excluding carboxylic acids is 2. The normalized spacial score (nSPS) is 11.3. The molecule has 2 N–H and O–H groups in total. The highest BCUT2D eigenvalue weighted by molar-refractivity contribution is 5.85. The van der Waals surface area contributed by atoms with Crippen molar-refractivity contribution >= 4 is 11.8 Å². The van der Waals surface area contributed by atoms with Crippen molar-refractivity contribution in [1.82, 2.24) is 10.6 Å². The van der Waals surface area contributed by atoms with Gasteiger partial charge in [-0.1, -0.05) is 48.5 Å². The number of amides is 2. The Morgan fingerprint density at radius 3 is 2.22 bits per heavy atom. The molecule has 0 saturated carbocycles. The van der Waals surface area contributed by atoms with E-state index in [1.807, 2.05) is 55.5 Å². The summed E-state index contributed by atoms with van der Waals surface area (Å²) < 4.78 is 5.31. The van der Waals surface area contributed by atoms with E-state index >= 15 is 0 Å². The van der Waals surface area contributed by atoms with Crippen molar-refractivity contribution in [1.29, 1.82) is 0 Å². The number of rotatable bonds is 7. The lowest BCUT2D eigenvalue weighted by Gasteiger charge is -2.14. The molecule has 0 unspecified atom stereocenters. The summed E-state index contributed by atoms with van der Waals surface area (Å²) in [4.78, 5) is 23.5. The van der Waals surface area contributed by atoms with Crippen LogP contribution >= 0.6 is 0 Å². The summed E-state index contributed by atoms with van der Waals surface area (Å²) in [6.45, 7) is 1.70. The highest BCUT2D eigenvalue weighted by atomic mass is 16.5. The van der Waals surface area contributed by atoms with Crippen molar-refractivity contribution in [2.45, 2.75) is 13.0 Å². The minimum atomic E-state index is -0.337. The molecule has 5 heteroatoms. The summed E-state index contributed by atoms with van der Waals surface area (Å²) in [6, 6.07) is 18.6. The van der Waals surface area contributed by atoms with E-state index in [4.69, 9.17) is 4.74 Å². The van der Waals surface area contributed by atoms with Gasteiger partial charge < -0.3 is 15.4 Å². The van der Waals surface area contributed by atoms with Crippen LogP contribution in [0.4, 0.5) is 0 Å². The number of para-hydroxylation sites is 1. The molecular formula is C18H20N2O3. The Morgan fingerprint density at radius 2 is 1.57 bits per heavy atom. The van der Waals surface area contributed by atoms with E-state index in [0.717, 1.165) is 5.56 Å². The molecule has 0 aliphatic carbocycles. The van der Waals surface area contributed by atoms with Gasteiger partial charge in [-0.2, -0.15) is 0 Å². The molecule has 0 fully saturated rings. The molecular weight excluding hydrogens is 292 g/mol. The van der Waals surface area contributed by atoms with Crippen molar-refractivity contribution in [2.24, 2.45) is 0 Å². The fourth-order valence-corrected chi connectivity index (χ4v) is 2.01. The minimum Gasteiger partial charge on any atom is -0.484 e. The summed E-state index contributed by atoms with van der Waals surface area (Å²) in [5.74, 6) is 0.0376. The third kappa shape index (κ3) is 5.82. The van der Waals surface area contributed by atoms with Gasteiger partial charge in [0, 0.05) is 0 Å². The van der Waals surface area contributed by atoms with Crippen LogP contribution in [0.5, 0.6) is 5.75 Å². The van der Waals surface area contributed by atoms with Gasteiger partial charge in [-0.05, 0) is 24.6 Å². The first-order chi connectivity index (χ1) is 11.1. The third-order valence-corrected chi connectivity index (χ3v) is 3.24. The van der Waals surface area contributed by atoms with Gasteiger partial charge >= 0.3 is 0 Å². The van der Waals surface area contributed by atoms with Crippen LogP contribution in [0.3, 0.4) is 0 Å². The smallest absolute Gasteiger partial charge is 0.258 e. The molecule has 1 atom stereocenters. The molecule has 0 bridgehead atoms. The molecule has 23 heavy (non-hydrogen) atoms. The van der Waals surface area contributed by atoms with Gasteiger partial charge in [-0.25, -0.2) is 0 Å². The van der Waals surface area contributed by atoms with Crippen molar-refractivity contribution < 1.29 is 14.3 Å². The van der Waals surface area contributed by atoms with Gasteiger partial charge in [-0.3, -0.25) is 9.59 Å². The Labute approximate surface area is 135 Å². The van der Waals surface area contributed by atoms with Gasteiger partial charge in [0.2, 0.25) is 5.91 Å². The Bertz CT molecular complexity index is 629. The lowest BCUT2D eigenvalue weighted by molar-refractivity contribution is -0.127. The van der Waals surface area contributed by atoms with Crippen LogP contribution in [-0.2, 0) is 9.59 Å². The van der Waals surface area contributed by atoms with Gasteiger partial charge in [0.1, 0.15) is 5.75 Å². The summed E-state index contributed by atoms with van der Waals surface area (Å²) in [6.07, 6.45) is 0. The van der Waals surface area contributed by atoms with E-state index in [0.29, 0.717) is 5.75 Å². The maximum atomic E-state index is 11.8. The fourth-order valence-electron chi connectivity index (χ4n) is 2.01. The van der Waals surface area contributed by atoms with E-state index < -0.39 is 0 Å². The Kier molecular flexibility index (Phi) is 6.17. The lowest BCUT2D eigenvalue weighted by atomic mass is 10.1. The molecule has 0 radical (unpaired) electrons. The monoisotopic (exact) mass is 312 g/mol. The van der Waals surface area contributed by atoms with Gasteiger partial charge in [0.05, 0.1) is 12.6 Å². The average molecular weight is 312 g/mol. The van der Waals surface area contributed by atoms with Gasteiger partial charge in [0.25, 0.3) is 5.91 Å². The van der Waals surface area contributed by atoms with Gasteiger partial charge in [-0.15, -0.1) is 0 Å². The van der Waals surface area contributed by atoms with E-state index in [2.05, 4.69) is 10.6 Å². The Hall–Kier alpha value is -2.82. The zero-order valence-corrected chi connectivity index (χ0v) is 13.0. The predicted octanol–water partition coefficient (Wildman–Crippen LogP) is 2.06. The predicted molar refractivity (Wildman–Crippen MR) is 87.9 cm³/mol. The molecule has 2 amide bonds. The van der Waals surface area contributed by atoms with Crippen LogP contribution in [0.1, 0.15) is 18.5 Å². The second kappa shape index (κ2) is 8.58. The number of carbonyl (C=O) groups is 2. The van der Waals surface area contributed by atoms with E-state index in [-0.39, 0.29) is 31.0 Å². The minimum absolute atomic E-state index is 0.0752. The maximum Gasteiger partial charge on any atom is 0.258 e. The zero-order valence-electron chi connectivity index (χ0n) is 13.0. The molecule has 0 aliphatic rings. The van der Waals surface area contributed by atoms with Crippen LogP contribution in [0.15, 0.2) is 60.7 Å². The quantitative estimate of drug-likeness (QED) is 0.822. The molecule has 0 heterocycles. The second-order valence-corrected chi connectivity index (χ2v) is 5.08. The van der Waals surface area contributed by atoms with E-state index in [1.165, 1.54) is 0 Å². The van der Waals surface area contributed by atoms with Crippen LogP contribution in [-0.4, -0.2) is 25.0 Å². The maximum absolute atomic E-state index is 11.8. The van der Waals surface area contributed by atoms with E-state index in [1.54, 1.807) is 12.1 Å². The Morgan fingerprint density at radius 1 is 0.957 bits per heavy atom. The standard InChI is InChI=1S/C18H20N2O3/c1-14(15-8-4-2-5-9-15)20-17(21)12-19-18(22)13-23-16-10-6-3-7-11-16/h2-11,14H,12-13H2,1H3,(H,19,22)(H,20,21)/t14-/m0/s1. The number of hydrogen-bond donors (Lipinski definition) is 2. The molecule has 2 rings (SSSR count). The Balaban J connectivity index is 1.68. The molecule has 0 spiro atoms. The first kappa shape index (κ1) is 16.5. The number of benzene rings is 2. The SMILES string of the molecule is C[C@H](NC(=O)CNC(=O)COc1ccccc1)c1ccccc1. The fraction of sp³-hybridized carbons (Fsp3) is 0.222. The lowest BCUT2D eigenvalue weighted by Crippen LogP contribution is -2.39. The first-order valence-corrected chi connectivity index (χ1v) is 7.44. The van der Waals surface area contributed by atoms with Crippen molar-refractivity contribution in [2.75, 3.05) is 13.2 Å². The molecule has 5 nitrogen and oxygen atoms in total. The summed E-state index contributed by atoms with van der Waals surface area (Å²) in [7, 11) is 0. The largest absolute Gasteiger partial charge is 0.484 e. The third-order valence-electron chi connectivity index (χ3n) is 3.24. The molecule has 0 aromatic heterocycles.